The smallest absolute Gasteiger partial charge is 0.321 e. The maximum atomic E-state index is 13.4. The van der Waals surface area contributed by atoms with Gasteiger partial charge in [-0.05, 0) is 74.5 Å². The van der Waals surface area contributed by atoms with Gasteiger partial charge in [-0.15, -0.1) is 11.3 Å². The number of thiazole rings is 1. The molecule has 1 saturated heterocycles. The number of piperidine rings is 1. The summed E-state index contributed by atoms with van der Waals surface area (Å²) >= 11 is 13.9. The van der Waals surface area contributed by atoms with Gasteiger partial charge in [-0.1, -0.05) is 54.3 Å². The summed E-state index contributed by atoms with van der Waals surface area (Å²) in [6.45, 7) is 4.39. The van der Waals surface area contributed by atoms with Crippen molar-refractivity contribution in [3.63, 3.8) is 0 Å². The molecule has 0 bridgehead atoms. The van der Waals surface area contributed by atoms with Gasteiger partial charge in [-0.25, -0.2) is 9.78 Å². The van der Waals surface area contributed by atoms with Gasteiger partial charge >= 0.3 is 6.03 Å². The Balaban J connectivity index is 1.17. The van der Waals surface area contributed by atoms with Gasteiger partial charge in [0.2, 0.25) is 0 Å². The number of benzene rings is 2. The van der Waals surface area contributed by atoms with Gasteiger partial charge in [0, 0.05) is 30.6 Å². The van der Waals surface area contributed by atoms with Crippen molar-refractivity contribution in [3.05, 3.63) is 63.1 Å². The first-order valence-corrected chi connectivity index (χ1v) is 14.9. The lowest BCUT2D eigenvalue weighted by atomic mass is 9.74. The molecule has 5 nitrogen and oxygen atoms in total. The zero-order chi connectivity index (χ0) is 25.4. The van der Waals surface area contributed by atoms with Crippen LogP contribution in [0.5, 0.6) is 0 Å². The largest absolute Gasteiger partial charge is 0.337 e. The number of aromatic nitrogens is 1. The van der Waals surface area contributed by atoms with Crippen LogP contribution < -0.4 is 10.2 Å². The van der Waals surface area contributed by atoms with Crippen LogP contribution in [0.4, 0.5) is 10.5 Å². The van der Waals surface area contributed by atoms with Gasteiger partial charge in [-0.2, -0.15) is 0 Å². The van der Waals surface area contributed by atoms with Crippen molar-refractivity contribution < 1.29 is 4.79 Å². The predicted octanol–water partition coefficient (Wildman–Crippen LogP) is 7.37. The Bertz CT molecular complexity index is 1320. The van der Waals surface area contributed by atoms with E-state index in [2.05, 4.69) is 34.5 Å². The number of rotatable bonds is 5. The average molecular weight is 556 g/mol. The van der Waals surface area contributed by atoms with Crippen molar-refractivity contribution in [3.8, 4) is 0 Å². The molecule has 3 heterocycles. The standard InChI is InChI=1S/C29H32Cl2N4OS/c30-22-8-7-20(16-23(22)31)6-3-13-34-14-11-29(12-15-34)18-35(28(36)32-17-21-4-1-2-5-21)24-9-10-25-27(26(24)29)33-19-37-25/h3,6-10,16,19,21H,1-2,4-5,11-15,17-18H2,(H,32,36)/b6-3+. The first-order valence-electron chi connectivity index (χ1n) is 13.3. The number of halogens is 2. The summed E-state index contributed by atoms with van der Waals surface area (Å²) in [5.74, 6) is 0.626. The molecule has 1 saturated carbocycles. The fourth-order valence-electron chi connectivity index (χ4n) is 6.38. The number of anilines is 1. The zero-order valence-corrected chi connectivity index (χ0v) is 23.2. The van der Waals surface area contributed by atoms with Crippen molar-refractivity contribution in [1.29, 1.82) is 0 Å². The molecule has 0 radical (unpaired) electrons. The molecular weight excluding hydrogens is 523 g/mol. The van der Waals surface area contributed by atoms with Gasteiger partial charge in [0.15, 0.2) is 0 Å². The Morgan fingerprint density at radius 1 is 1.14 bits per heavy atom. The van der Waals surface area contributed by atoms with Crippen LogP contribution in [0.25, 0.3) is 16.3 Å². The summed E-state index contributed by atoms with van der Waals surface area (Å²) in [4.78, 5) is 22.7. The molecule has 0 atom stereocenters. The van der Waals surface area contributed by atoms with Crippen molar-refractivity contribution in [2.24, 2.45) is 5.92 Å². The molecule has 1 aliphatic carbocycles. The summed E-state index contributed by atoms with van der Waals surface area (Å²) in [6, 6.07) is 10.0. The van der Waals surface area contributed by atoms with E-state index in [1.54, 1.807) is 11.3 Å². The Hall–Kier alpha value is -2.12. The molecule has 1 spiro atoms. The van der Waals surface area contributed by atoms with Crippen LogP contribution in [-0.4, -0.2) is 48.6 Å². The lowest BCUT2D eigenvalue weighted by Crippen LogP contribution is -2.48. The fourth-order valence-corrected chi connectivity index (χ4v) is 7.37. The third-order valence-electron chi connectivity index (χ3n) is 8.45. The third kappa shape index (κ3) is 5.01. The number of carbonyl (C=O) groups excluding carboxylic acids is 1. The number of amides is 2. The molecule has 8 heteroatoms. The average Bonchev–Trinajstić information content (AvgIpc) is 3.65. The lowest BCUT2D eigenvalue weighted by Gasteiger charge is -2.39. The van der Waals surface area contributed by atoms with E-state index in [0.717, 1.165) is 62.3 Å². The number of hydrogen-bond donors (Lipinski definition) is 1. The molecule has 37 heavy (non-hydrogen) atoms. The van der Waals surface area contributed by atoms with Crippen LogP contribution in [0.2, 0.25) is 10.0 Å². The number of hydrogen-bond acceptors (Lipinski definition) is 4. The molecule has 3 aromatic rings. The normalized spacial score (nSPS) is 19.9. The van der Waals surface area contributed by atoms with Gasteiger partial charge in [0.05, 0.1) is 31.5 Å². The third-order valence-corrected chi connectivity index (χ3v) is 9.99. The number of carbonyl (C=O) groups is 1. The first-order chi connectivity index (χ1) is 18.0. The second kappa shape index (κ2) is 10.6. The quantitative estimate of drug-likeness (QED) is 0.358. The van der Waals surface area contributed by atoms with E-state index < -0.39 is 0 Å². The van der Waals surface area contributed by atoms with Crippen LogP contribution in [0.1, 0.15) is 49.7 Å². The Morgan fingerprint density at radius 2 is 1.95 bits per heavy atom. The van der Waals surface area contributed by atoms with Crippen LogP contribution in [0, 0.1) is 5.92 Å². The van der Waals surface area contributed by atoms with E-state index in [9.17, 15) is 4.79 Å². The molecule has 1 N–H and O–H groups in total. The summed E-state index contributed by atoms with van der Waals surface area (Å²) in [6.07, 6.45) is 11.4. The summed E-state index contributed by atoms with van der Waals surface area (Å²) in [7, 11) is 0. The number of nitrogens with zero attached hydrogens (tertiary/aromatic N) is 3. The van der Waals surface area contributed by atoms with E-state index >= 15 is 0 Å². The highest BCUT2D eigenvalue weighted by Gasteiger charge is 2.48. The second-order valence-corrected chi connectivity index (χ2v) is 12.4. The Kier molecular flexibility index (Phi) is 7.19. The summed E-state index contributed by atoms with van der Waals surface area (Å²) in [5.41, 5.74) is 6.37. The minimum atomic E-state index is -0.0441. The maximum absolute atomic E-state index is 13.4. The number of urea groups is 1. The van der Waals surface area contributed by atoms with Gasteiger partial charge in [0.25, 0.3) is 0 Å². The molecule has 194 valence electrons. The van der Waals surface area contributed by atoms with Crippen LogP contribution in [0.3, 0.4) is 0 Å². The number of nitrogens with one attached hydrogen (secondary N) is 1. The van der Waals surface area contributed by atoms with E-state index in [1.165, 1.54) is 35.9 Å². The molecule has 0 unspecified atom stereocenters. The van der Waals surface area contributed by atoms with Crippen LogP contribution >= 0.6 is 34.5 Å². The maximum Gasteiger partial charge on any atom is 0.321 e. The minimum absolute atomic E-state index is 0.0441. The second-order valence-electron chi connectivity index (χ2n) is 10.7. The van der Waals surface area contributed by atoms with Crippen molar-refractivity contribution in [1.82, 2.24) is 15.2 Å². The van der Waals surface area contributed by atoms with Gasteiger partial charge < -0.3 is 5.32 Å². The van der Waals surface area contributed by atoms with Gasteiger partial charge in [-0.3, -0.25) is 9.80 Å². The highest BCUT2D eigenvalue weighted by atomic mass is 35.5. The molecule has 3 aliphatic rings. The molecular formula is C29H32Cl2N4OS. The van der Waals surface area contributed by atoms with E-state index in [-0.39, 0.29) is 11.4 Å². The van der Waals surface area contributed by atoms with E-state index in [0.29, 0.717) is 16.0 Å². The van der Waals surface area contributed by atoms with Crippen molar-refractivity contribution in [2.75, 3.05) is 37.6 Å². The molecule has 2 amide bonds. The Morgan fingerprint density at radius 3 is 2.73 bits per heavy atom. The summed E-state index contributed by atoms with van der Waals surface area (Å²) < 4.78 is 1.21. The Labute approximate surface area is 232 Å². The van der Waals surface area contributed by atoms with Crippen LogP contribution in [-0.2, 0) is 5.41 Å². The molecule has 1 aromatic heterocycles. The van der Waals surface area contributed by atoms with Crippen molar-refractivity contribution in [2.45, 2.75) is 43.9 Å². The molecule has 6 rings (SSSR count). The fraction of sp³-hybridized carbons (Fsp3) is 0.448. The SMILES string of the molecule is O=C(NCC1CCCC1)N1CC2(CCN(C/C=C/c3ccc(Cl)c(Cl)c3)CC2)c2c1ccc1scnc21. The number of likely N-dealkylation sites (tertiary alicyclic amines) is 1. The first kappa shape index (κ1) is 25.2. The van der Waals surface area contributed by atoms with Crippen LogP contribution in [0.15, 0.2) is 41.9 Å². The lowest BCUT2D eigenvalue weighted by molar-refractivity contribution is 0.180. The minimum Gasteiger partial charge on any atom is -0.337 e. The topological polar surface area (TPSA) is 48.5 Å². The predicted molar refractivity (Wildman–Crippen MR) is 155 cm³/mol. The number of fused-ring (bicyclic) bond motifs is 4. The highest BCUT2D eigenvalue weighted by Crippen LogP contribution is 2.50. The van der Waals surface area contributed by atoms with Gasteiger partial charge in [0.1, 0.15) is 0 Å². The van der Waals surface area contributed by atoms with Crippen molar-refractivity contribution >= 4 is 62.5 Å². The van der Waals surface area contributed by atoms with E-state index in [4.69, 9.17) is 28.2 Å². The summed E-state index contributed by atoms with van der Waals surface area (Å²) in [5, 5.41) is 4.42. The molecule has 2 aliphatic heterocycles. The molecule has 2 aromatic carbocycles. The molecule has 2 fully saturated rings. The van der Waals surface area contributed by atoms with E-state index in [1.807, 2.05) is 28.6 Å². The monoisotopic (exact) mass is 554 g/mol. The highest BCUT2D eigenvalue weighted by molar-refractivity contribution is 7.16. The zero-order valence-electron chi connectivity index (χ0n) is 20.9.